The molecule has 1 aliphatic carbocycles. The summed E-state index contributed by atoms with van der Waals surface area (Å²) in [4.78, 5) is 24.2. The van der Waals surface area contributed by atoms with Gasteiger partial charge in [0.05, 0.1) is 17.7 Å². The molecule has 0 spiro atoms. The lowest BCUT2D eigenvalue weighted by Gasteiger charge is -2.34. The highest BCUT2D eigenvalue weighted by Gasteiger charge is 2.49. The average molecular weight is 412 g/mol. The van der Waals surface area contributed by atoms with Crippen molar-refractivity contribution in [2.24, 2.45) is 17.1 Å². The van der Waals surface area contributed by atoms with Crippen LogP contribution in [0.25, 0.3) is 0 Å². The lowest BCUT2D eigenvalue weighted by atomic mass is 9.81. The number of amides is 1. The van der Waals surface area contributed by atoms with E-state index < -0.39 is 5.41 Å². The van der Waals surface area contributed by atoms with E-state index in [2.05, 4.69) is 34.4 Å². The number of aromatic nitrogens is 3. The van der Waals surface area contributed by atoms with Gasteiger partial charge in [-0.25, -0.2) is 5.43 Å². The number of hydrogen-bond donors (Lipinski definition) is 4. The van der Waals surface area contributed by atoms with Crippen molar-refractivity contribution in [1.82, 2.24) is 30.5 Å². The van der Waals surface area contributed by atoms with E-state index >= 15 is 0 Å². The van der Waals surface area contributed by atoms with E-state index in [1.807, 2.05) is 23.1 Å². The molecule has 0 bridgehead atoms. The highest BCUT2D eigenvalue weighted by Crippen LogP contribution is 2.46. The first kappa shape index (κ1) is 19.5. The zero-order valence-electron chi connectivity index (χ0n) is 17.2. The Morgan fingerprint density at radius 1 is 1.27 bits per heavy atom. The zero-order chi connectivity index (χ0) is 20.9. The van der Waals surface area contributed by atoms with Crippen LogP contribution in [0.1, 0.15) is 49.4 Å². The number of nitrogens with two attached hydrogens (primary N) is 1. The first-order valence-corrected chi connectivity index (χ1v) is 10.8. The Morgan fingerprint density at radius 3 is 2.80 bits per heavy atom. The Morgan fingerprint density at radius 2 is 2.10 bits per heavy atom. The van der Waals surface area contributed by atoms with Crippen molar-refractivity contribution in [3.05, 3.63) is 52.2 Å². The number of pyridine rings is 1. The maximum Gasteiger partial charge on any atom is 0.250 e. The number of primary amides is 1. The number of hydrazine groups is 1. The molecule has 1 amide bonds. The fraction of sp³-hybridized carbons (Fsp3) is 0.571. The van der Waals surface area contributed by atoms with Crippen LogP contribution in [0.5, 0.6) is 0 Å². The minimum absolute atomic E-state index is 0.0936. The molecule has 9 heteroatoms. The number of hydrogen-bond acceptors (Lipinski definition) is 6. The minimum atomic E-state index is -0.550. The van der Waals surface area contributed by atoms with E-state index in [0.717, 1.165) is 37.9 Å². The van der Waals surface area contributed by atoms with E-state index in [0.29, 0.717) is 18.5 Å². The van der Waals surface area contributed by atoms with E-state index in [1.165, 1.54) is 5.56 Å². The van der Waals surface area contributed by atoms with Crippen LogP contribution in [0.3, 0.4) is 0 Å². The smallest absolute Gasteiger partial charge is 0.250 e. The van der Waals surface area contributed by atoms with Crippen molar-refractivity contribution in [2.45, 2.75) is 57.4 Å². The van der Waals surface area contributed by atoms with Gasteiger partial charge in [0.1, 0.15) is 0 Å². The largest absolute Gasteiger partial charge is 0.369 e. The molecule has 5 N–H and O–H groups in total. The summed E-state index contributed by atoms with van der Waals surface area (Å²) in [5.74, 6) is 0.0625. The maximum absolute atomic E-state index is 12.4. The number of rotatable bonds is 6. The Labute approximate surface area is 175 Å². The SMILES string of the molecule is CCn1cc(C2CC3C(CN2)NNC3c2ccc(=O)n(CC3(C(N)=O)CC3)c2)cn1. The fourth-order valence-electron chi connectivity index (χ4n) is 4.90. The third kappa shape index (κ3) is 3.36. The van der Waals surface area contributed by atoms with Gasteiger partial charge in [-0.2, -0.15) is 5.10 Å². The quantitative estimate of drug-likeness (QED) is 0.539. The molecule has 0 aromatic carbocycles. The number of piperidine rings is 1. The van der Waals surface area contributed by atoms with Crippen LogP contribution in [0.2, 0.25) is 0 Å². The fourth-order valence-corrected chi connectivity index (χ4v) is 4.90. The third-order valence-corrected chi connectivity index (χ3v) is 7.06. The van der Waals surface area contributed by atoms with E-state index in [-0.39, 0.29) is 23.6 Å². The second-order valence-corrected chi connectivity index (χ2v) is 8.94. The van der Waals surface area contributed by atoms with E-state index in [4.69, 9.17) is 5.73 Å². The molecular weight excluding hydrogens is 382 g/mol. The van der Waals surface area contributed by atoms with Gasteiger partial charge in [-0.05, 0) is 37.7 Å². The van der Waals surface area contributed by atoms with Crippen LogP contribution in [-0.4, -0.2) is 32.8 Å². The van der Waals surface area contributed by atoms with Gasteiger partial charge in [-0.1, -0.05) is 6.07 Å². The lowest BCUT2D eigenvalue weighted by molar-refractivity contribution is -0.123. The zero-order valence-corrected chi connectivity index (χ0v) is 17.2. The summed E-state index contributed by atoms with van der Waals surface area (Å²) in [6.07, 6.45) is 8.44. The average Bonchev–Trinajstić information content (AvgIpc) is 3.19. The Hall–Kier alpha value is -2.49. The van der Waals surface area contributed by atoms with Crippen LogP contribution in [-0.2, 0) is 17.9 Å². The second kappa shape index (κ2) is 7.33. The summed E-state index contributed by atoms with van der Waals surface area (Å²) in [7, 11) is 0. The van der Waals surface area contributed by atoms with Gasteiger partial charge in [0.2, 0.25) is 5.91 Å². The number of nitrogens with zero attached hydrogens (tertiary/aromatic N) is 3. The summed E-state index contributed by atoms with van der Waals surface area (Å²) in [6, 6.07) is 4.16. The van der Waals surface area contributed by atoms with Crippen molar-refractivity contribution in [3.63, 3.8) is 0 Å². The first-order chi connectivity index (χ1) is 14.5. The molecule has 4 heterocycles. The molecular formula is C21H29N7O2. The molecule has 30 heavy (non-hydrogen) atoms. The van der Waals surface area contributed by atoms with Crippen molar-refractivity contribution >= 4 is 5.91 Å². The minimum Gasteiger partial charge on any atom is -0.369 e. The molecule has 4 atom stereocenters. The van der Waals surface area contributed by atoms with Crippen LogP contribution < -0.4 is 27.5 Å². The van der Waals surface area contributed by atoms with Crippen molar-refractivity contribution < 1.29 is 4.79 Å². The van der Waals surface area contributed by atoms with Gasteiger partial charge < -0.3 is 15.6 Å². The summed E-state index contributed by atoms with van der Waals surface area (Å²) in [5, 5.41) is 8.04. The van der Waals surface area contributed by atoms with Crippen molar-refractivity contribution in [2.75, 3.05) is 6.54 Å². The Bertz CT molecular complexity index is 1010. The monoisotopic (exact) mass is 411 g/mol. The maximum atomic E-state index is 12.4. The third-order valence-electron chi connectivity index (χ3n) is 7.06. The van der Waals surface area contributed by atoms with Gasteiger partial charge in [0, 0.05) is 55.7 Å². The van der Waals surface area contributed by atoms with Gasteiger partial charge in [0.15, 0.2) is 0 Å². The summed E-state index contributed by atoms with van der Waals surface area (Å²) in [5.41, 5.74) is 14.0. The molecule has 1 saturated carbocycles. The molecule has 4 unspecified atom stereocenters. The number of fused-ring (bicyclic) bond motifs is 1. The van der Waals surface area contributed by atoms with Crippen molar-refractivity contribution in [3.8, 4) is 0 Å². The van der Waals surface area contributed by atoms with Crippen molar-refractivity contribution in [1.29, 1.82) is 0 Å². The molecule has 160 valence electrons. The molecule has 2 aromatic heterocycles. The molecule has 0 radical (unpaired) electrons. The van der Waals surface area contributed by atoms with Gasteiger partial charge in [-0.3, -0.25) is 19.7 Å². The predicted molar refractivity (Wildman–Crippen MR) is 111 cm³/mol. The van der Waals surface area contributed by atoms with Gasteiger partial charge >= 0.3 is 0 Å². The van der Waals surface area contributed by atoms with Crippen LogP contribution in [0, 0.1) is 11.3 Å². The van der Waals surface area contributed by atoms with Crippen LogP contribution in [0.15, 0.2) is 35.5 Å². The highest BCUT2D eigenvalue weighted by molar-refractivity contribution is 5.83. The van der Waals surface area contributed by atoms with E-state index in [9.17, 15) is 9.59 Å². The summed E-state index contributed by atoms with van der Waals surface area (Å²) < 4.78 is 3.61. The Kier molecular flexibility index (Phi) is 4.76. The lowest BCUT2D eigenvalue weighted by Crippen LogP contribution is -2.46. The molecule has 2 saturated heterocycles. The van der Waals surface area contributed by atoms with Gasteiger partial charge in [-0.15, -0.1) is 0 Å². The van der Waals surface area contributed by atoms with Gasteiger partial charge in [0.25, 0.3) is 5.56 Å². The molecule has 3 aliphatic rings. The molecule has 2 aromatic rings. The van der Waals surface area contributed by atoms with Crippen LogP contribution in [0.4, 0.5) is 0 Å². The highest BCUT2D eigenvalue weighted by atomic mass is 16.1. The molecule has 3 fully saturated rings. The topological polar surface area (TPSA) is 119 Å². The summed E-state index contributed by atoms with van der Waals surface area (Å²) in [6.45, 7) is 4.17. The number of nitrogens with one attached hydrogen (secondary N) is 3. The second-order valence-electron chi connectivity index (χ2n) is 8.94. The Balaban J connectivity index is 1.37. The van der Waals surface area contributed by atoms with E-state index in [1.54, 1.807) is 10.6 Å². The molecule has 5 rings (SSSR count). The first-order valence-electron chi connectivity index (χ1n) is 10.8. The number of carbonyl (C=O) groups is 1. The summed E-state index contributed by atoms with van der Waals surface area (Å²) >= 11 is 0. The number of carbonyl (C=O) groups excluding carboxylic acids is 1. The normalized spacial score (nSPS) is 29.5. The number of aryl methyl sites for hydroxylation is 1. The molecule has 2 aliphatic heterocycles. The van der Waals surface area contributed by atoms with Crippen LogP contribution >= 0.6 is 0 Å². The predicted octanol–water partition coefficient (Wildman–Crippen LogP) is 0.199. The standard InChI is InChI=1S/C21H29N7O2/c1-2-28-11-14(8-24-28)16-7-15-17(9-23-16)25-26-19(15)13-3-4-18(29)27(10-13)12-21(5-6-21)20(22)30/h3-4,8,10-11,15-17,19,23,25-26H,2,5-7,9,12H2,1H3,(H2,22,30). The molecule has 9 nitrogen and oxygen atoms in total.